The van der Waals surface area contributed by atoms with E-state index >= 15 is 0 Å². The van der Waals surface area contributed by atoms with Crippen LogP contribution in [0.5, 0.6) is 0 Å². The number of carbonyl (C=O) groups excluding carboxylic acids is 1. The van der Waals surface area contributed by atoms with Crippen molar-refractivity contribution in [3.8, 4) is 0 Å². The number of hydrogen-bond acceptors (Lipinski definition) is 4. The molecule has 0 saturated carbocycles. The first-order chi connectivity index (χ1) is 8.40. The van der Waals surface area contributed by atoms with Crippen LogP contribution in [0.25, 0.3) is 0 Å². The molecule has 5 nitrogen and oxygen atoms in total. The van der Waals surface area contributed by atoms with Gasteiger partial charge in [-0.3, -0.25) is 4.79 Å². The smallest absolute Gasteiger partial charge is 0.222 e. The summed E-state index contributed by atoms with van der Waals surface area (Å²) >= 11 is 0. The number of nitrogens with zero attached hydrogens (tertiary/aromatic N) is 2. The molecule has 3 atom stereocenters. The molecule has 0 aromatic rings. The molecule has 18 heavy (non-hydrogen) atoms. The first-order valence-electron chi connectivity index (χ1n) is 6.78. The van der Waals surface area contributed by atoms with Crippen molar-refractivity contribution in [2.75, 3.05) is 27.2 Å². The Bertz CT molecular complexity index is 269. The molecule has 5 heteroatoms. The normalized spacial score (nSPS) is 25.8. The second-order valence-electron chi connectivity index (χ2n) is 5.72. The lowest BCUT2D eigenvalue weighted by Gasteiger charge is -2.27. The highest BCUT2D eigenvalue weighted by atomic mass is 16.3. The number of rotatable bonds is 6. The monoisotopic (exact) mass is 257 g/mol. The highest BCUT2D eigenvalue weighted by Crippen LogP contribution is 2.20. The van der Waals surface area contributed by atoms with Gasteiger partial charge in [-0.1, -0.05) is 0 Å². The van der Waals surface area contributed by atoms with Crippen LogP contribution in [0.1, 0.15) is 32.6 Å². The number of likely N-dealkylation sites (tertiary alicyclic amines) is 1. The van der Waals surface area contributed by atoms with Gasteiger partial charge in [-0.25, -0.2) is 0 Å². The van der Waals surface area contributed by atoms with Crippen LogP contribution in [0, 0.1) is 0 Å². The highest BCUT2D eigenvalue weighted by molar-refractivity contribution is 5.77. The van der Waals surface area contributed by atoms with Gasteiger partial charge in [-0.2, -0.15) is 0 Å². The third-order valence-corrected chi connectivity index (χ3v) is 3.34. The van der Waals surface area contributed by atoms with E-state index in [1.807, 2.05) is 25.9 Å². The van der Waals surface area contributed by atoms with E-state index in [2.05, 4.69) is 4.90 Å². The Labute approximate surface area is 110 Å². The summed E-state index contributed by atoms with van der Waals surface area (Å²) < 4.78 is 0. The zero-order valence-corrected chi connectivity index (χ0v) is 11.8. The molecular formula is C13H27N3O2. The Hall–Kier alpha value is -0.650. The summed E-state index contributed by atoms with van der Waals surface area (Å²) in [7, 11) is 3.98. The third-order valence-electron chi connectivity index (χ3n) is 3.34. The number of aliphatic hydroxyl groups is 1. The van der Waals surface area contributed by atoms with Crippen LogP contribution in [-0.2, 0) is 4.79 Å². The molecule has 1 heterocycles. The van der Waals surface area contributed by atoms with Gasteiger partial charge in [0.05, 0.1) is 6.10 Å². The van der Waals surface area contributed by atoms with Crippen LogP contribution >= 0.6 is 0 Å². The van der Waals surface area contributed by atoms with Gasteiger partial charge in [0.1, 0.15) is 0 Å². The van der Waals surface area contributed by atoms with Gasteiger partial charge in [-0.05, 0) is 40.3 Å². The van der Waals surface area contributed by atoms with Crippen molar-refractivity contribution < 1.29 is 9.90 Å². The number of carbonyl (C=O) groups is 1. The lowest BCUT2D eigenvalue weighted by atomic mass is 10.1. The van der Waals surface area contributed by atoms with E-state index in [9.17, 15) is 9.90 Å². The summed E-state index contributed by atoms with van der Waals surface area (Å²) in [6.45, 7) is 3.25. The molecule has 0 aromatic heterocycles. The largest absolute Gasteiger partial charge is 0.391 e. The topological polar surface area (TPSA) is 69.8 Å². The Morgan fingerprint density at radius 2 is 2.22 bits per heavy atom. The minimum atomic E-state index is -0.368. The number of nitrogens with two attached hydrogens (primary N) is 1. The van der Waals surface area contributed by atoms with Crippen LogP contribution in [0.15, 0.2) is 0 Å². The van der Waals surface area contributed by atoms with Gasteiger partial charge in [-0.15, -0.1) is 0 Å². The number of hydrogen-bond donors (Lipinski definition) is 2. The predicted octanol–water partition coefficient (Wildman–Crippen LogP) is 0.0273. The Kier molecular flexibility index (Phi) is 6.05. The van der Waals surface area contributed by atoms with Crippen molar-refractivity contribution in [1.82, 2.24) is 9.80 Å². The average molecular weight is 257 g/mol. The lowest BCUT2D eigenvalue weighted by molar-refractivity contribution is -0.132. The molecule has 0 spiro atoms. The van der Waals surface area contributed by atoms with Crippen molar-refractivity contribution in [2.24, 2.45) is 5.73 Å². The van der Waals surface area contributed by atoms with Crippen molar-refractivity contribution in [3.05, 3.63) is 0 Å². The average Bonchev–Trinajstić information content (AvgIpc) is 2.57. The molecule has 1 aliphatic rings. The molecule has 0 bridgehead atoms. The lowest BCUT2D eigenvalue weighted by Crippen LogP contribution is -2.41. The van der Waals surface area contributed by atoms with Crippen LogP contribution in [0.4, 0.5) is 0 Å². The van der Waals surface area contributed by atoms with Crippen molar-refractivity contribution in [3.63, 3.8) is 0 Å². The third kappa shape index (κ3) is 4.92. The molecule has 1 saturated heterocycles. The maximum atomic E-state index is 12.1. The SMILES string of the molecule is CC(N)CCCC(=O)N1CC(O)CC1CN(C)C. The first-order valence-corrected chi connectivity index (χ1v) is 6.78. The van der Waals surface area contributed by atoms with Gasteiger partial charge in [0.25, 0.3) is 0 Å². The van der Waals surface area contributed by atoms with E-state index in [4.69, 9.17) is 5.73 Å². The molecule has 1 amide bonds. The Morgan fingerprint density at radius 3 is 2.78 bits per heavy atom. The number of likely N-dealkylation sites (N-methyl/N-ethyl adjacent to an activating group) is 1. The van der Waals surface area contributed by atoms with Gasteiger partial charge in [0.15, 0.2) is 0 Å². The molecule has 106 valence electrons. The van der Waals surface area contributed by atoms with E-state index < -0.39 is 0 Å². The number of aliphatic hydroxyl groups excluding tert-OH is 1. The van der Waals surface area contributed by atoms with E-state index in [1.165, 1.54) is 0 Å². The minimum Gasteiger partial charge on any atom is -0.391 e. The van der Waals surface area contributed by atoms with E-state index in [0.717, 1.165) is 19.4 Å². The highest BCUT2D eigenvalue weighted by Gasteiger charge is 2.33. The fraction of sp³-hybridized carbons (Fsp3) is 0.923. The van der Waals surface area contributed by atoms with Crippen molar-refractivity contribution in [1.29, 1.82) is 0 Å². The molecule has 1 rings (SSSR count). The fourth-order valence-electron chi connectivity index (χ4n) is 2.51. The second-order valence-corrected chi connectivity index (χ2v) is 5.72. The zero-order chi connectivity index (χ0) is 13.7. The van der Waals surface area contributed by atoms with Crippen LogP contribution in [0.3, 0.4) is 0 Å². The standard InChI is InChI=1S/C13H27N3O2/c1-10(14)5-4-6-13(18)16-9-12(17)7-11(16)8-15(2)3/h10-12,17H,4-9,14H2,1-3H3. The second kappa shape index (κ2) is 7.07. The number of amides is 1. The summed E-state index contributed by atoms with van der Waals surface area (Å²) in [6.07, 6.45) is 2.57. The zero-order valence-electron chi connectivity index (χ0n) is 11.8. The molecule has 1 fully saturated rings. The first kappa shape index (κ1) is 15.4. The summed E-state index contributed by atoms with van der Waals surface area (Å²) in [5.41, 5.74) is 5.68. The molecule has 3 unspecified atom stereocenters. The van der Waals surface area contributed by atoms with Gasteiger partial charge < -0.3 is 20.6 Å². The van der Waals surface area contributed by atoms with E-state index in [-0.39, 0.29) is 24.1 Å². The minimum absolute atomic E-state index is 0.151. The molecular weight excluding hydrogens is 230 g/mol. The Morgan fingerprint density at radius 1 is 1.56 bits per heavy atom. The quantitative estimate of drug-likeness (QED) is 0.704. The molecule has 0 aromatic carbocycles. The van der Waals surface area contributed by atoms with Crippen molar-refractivity contribution in [2.45, 2.75) is 50.8 Å². The van der Waals surface area contributed by atoms with Crippen LogP contribution in [-0.4, -0.2) is 66.2 Å². The molecule has 1 aliphatic heterocycles. The van der Waals surface area contributed by atoms with Gasteiger partial charge in [0.2, 0.25) is 5.91 Å². The maximum Gasteiger partial charge on any atom is 0.222 e. The summed E-state index contributed by atoms with van der Waals surface area (Å²) in [5.74, 6) is 0.152. The van der Waals surface area contributed by atoms with Gasteiger partial charge in [0, 0.05) is 31.6 Å². The maximum absolute atomic E-state index is 12.1. The van der Waals surface area contributed by atoms with Crippen molar-refractivity contribution >= 4 is 5.91 Å². The molecule has 0 radical (unpaired) electrons. The van der Waals surface area contributed by atoms with E-state index in [1.54, 1.807) is 0 Å². The van der Waals surface area contributed by atoms with Crippen LogP contribution in [0.2, 0.25) is 0 Å². The summed E-state index contributed by atoms with van der Waals surface area (Å²) in [5, 5.41) is 9.71. The predicted molar refractivity (Wildman–Crippen MR) is 72.2 cm³/mol. The Balaban J connectivity index is 2.43. The molecule has 0 aliphatic carbocycles. The summed E-state index contributed by atoms with van der Waals surface area (Å²) in [4.78, 5) is 16.0. The summed E-state index contributed by atoms with van der Waals surface area (Å²) in [6, 6.07) is 0.303. The fourth-order valence-corrected chi connectivity index (χ4v) is 2.51. The molecule has 3 N–H and O–H groups in total. The van der Waals surface area contributed by atoms with Gasteiger partial charge >= 0.3 is 0 Å². The number of β-amino-alcohol motifs (C(OH)–C–C–N with tert-alkyl or cyclic N) is 1. The van der Waals surface area contributed by atoms with E-state index in [0.29, 0.717) is 19.4 Å². The van der Waals surface area contributed by atoms with Crippen LogP contribution < -0.4 is 5.73 Å².